The minimum Gasteiger partial charge on any atom is -0.392 e. The molecule has 1 aliphatic heterocycles. The summed E-state index contributed by atoms with van der Waals surface area (Å²) in [5, 5.41) is 0. The lowest BCUT2D eigenvalue weighted by atomic mass is 9.95. The summed E-state index contributed by atoms with van der Waals surface area (Å²) in [5.41, 5.74) is 6.89. The number of hydrogen-bond acceptors (Lipinski definition) is 3. The molecular weight excluding hydrogens is 279 g/mol. The van der Waals surface area contributed by atoms with Crippen LogP contribution in [-0.2, 0) is 6.54 Å². The van der Waals surface area contributed by atoms with Crippen LogP contribution in [0.15, 0.2) is 24.3 Å². The van der Waals surface area contributed by atoms with E-state index in [2.05, 4.69) is 11.2 Å². The number of rotatable bonds is 4. The Kier molecular flexibility index (Phi) is 4.81. The molecule has 1 heterocycles. The van der Waals surface area contributed by atoms with Gasteiger partial charge in [0.2, 0.25) is 0 Å². The fourth-order valence-corrected chi connectivity index (χ4v) is 3.76. The van der Waals surface area contributed by atoms with Crippen molar-refractivity contribution in [2.45, 2.75) is 24.1 Å². The van der Waals surface area contributed by atoms with Crippen molar-refractivity contribution < 1.29 is 4.39 Å². The molecule has 2 nitrogen and oxygen atoms in total. The maximum absolute atomic E-state index is 13.1. The van der Waals surface area contributed by atoms with Gasteiger partial charge in [0, 0.05) is 19.6 Å². The van der Waals surface area contributed by atoms with Gasteiger partial charge in [-0.05, 0) is 36.8 Å². The van der Waals surface area contributed by atoms with E-state index in [1.165, 1.54) is 6.07 Å². The Hall–Kier alpha value is -0.650. The van der Waals surface area contributed by atoms with Crippen LogP contribution in [0.2, 0.25) is 0 Å². The molecule has 0 amide bonds. The van der Waals surface area contributed by atoms with Crippen molar-refractivity contribution in [3.63, 3.8) is 0 Å². The molecule has 1 aromatic carbocycles. The van der Waals surface area contributed by atoms with Gasteiger partial charge in [-0.25, -0.2) is 4.39 Å². The Morgan fingerprint density at radius 1 is 1.47 bits per heavy atom. The summed E-state index contributed by atoms with van der Waals surface area (Å²) in [6.07, 6.45) is 4.01. The van der Waals surface area contributed by atoms with Crippen molar-refractivity contribution in [1.29, 1.82) is 0 Å². The van der Waals surface area contributed by atoms with E-state index in [0.29, 0.717) is 4.99 Å². The third-order valence-corrected chi connectivity index (χ3v) is 5.73. The Morgan fingerprint density at radius 2 is 2.16 bits per heavy atom. The number of likely N-dealkylation sites (tertiary alicyclic amines) is 1. The highest BCUT2D eigenvalue weighted by Gasteiger charge is 2.36. The van der Waals surface area contributed by atoms with Gasteiger partial charge in [-0.2, -0.15) is 11.8 Å². The zero-order chi connectivity index (χ0) is 13.9. The fourth-order valence-electron chi connectivity index (χ4n) is 2.52. The summed E-state index contributed by atoms with van der Waals surface area (Å²) in [6.45, 7) is 2.70. The third-order valence-electron chi connectivity index (χ3n) is 3.80. The Balaban J connectivity index is 1.95. The second-order valence-electron chi connectivity index (χ2n) is 4.97. The molecule has 0 atom stereocenters. The van der Waals surface area contributed by atoms with Gasteiger partial charge in [-0.15, -0.1) is 0 Å². The molecule has 0 aliphatic carbocycles. The topological polar surface area (TPSA) is 29.3 Å². The van der Waals surface area contributed by atoms with E-state index in [1.807, 2.05) is 6.07 Å². The molecule has 0 spiro atoms. The fraction of sp³-hybridized carbons (Fsp3) is 0.500. The van der Waals surface area contributed by atoms with E-state index >= 15 is 0 Å². The van der Waals surface area contributed by atoms with Crippen LogP contribution in [0.1, 0.15) is 18.4 Å². The van der Waals surface area contributed by atoms with Gasteiger partial charge in [0.1, 0.15) is 5.82 Å². The van der Waals surface area contributed by atoms with Crippen molar-refractivity contribution in [2.75, 3.05) is 19.3 Å². The number of nitrogens with two attached hydrogens (primary N) is 1. The summed E-state index contributed by atoms with van der Waals surface area (Å²) in [7, 11) is 0. The number of nitrogens with zero attached hydrogens (tertiary/aromatic N) is 1. The SMILES string of the molecule is CSC1(C(N)=S)CCN(Cc2cccc(F)c2)CC1. The minimum absolute atomic E-state index is 0.0478. The number of piperidine rings is 1. The molecule has 1 aromatic rings. The molecule has 0 bridgehead atoms. The van der Waals surface area contributed by atoms with Crippen molar-refractivity contribution in [1.82, 2.24) is 4.90 Å². The predicted octanol–water partition coefficient (Wildman–Crippen LogP) is 2.81. The average Bonchev–Trinajstić information content (AvgIpc) is 2.39. The van der Waals surface area contributed by atoms with Gasteiger partial charge in [-0.3, -0.25) is 4.90 Å². The summed E-state index contributed by atoms with van der Waals surface area (Å²) >= 11 is 6.96. The second kappa shape index (κ2) is 6.20. The highest BCUT2D eigenvalue weighted by molar-refractivity contribution is 8.02. The predicted molar refractivity (Wildman–Crippen MR) is 83.9 cm³/mol. The van der Waals surface area contributed by atoms with E-state index < -0.39 is 0 Å². The van der Waals surface area contributed by atoms with Crippen molar-refractivity contribution in [3.8, 4) is 0 Å². The van der Waals surface area contributed by atoms with Gasteiger partial charge < -0.3 is 5.73 Å². The summed E-state index contributed by atoms with van der Waals surface area (Å²) in [6, 6.07) is 6.80. The molecule has 0 saturated carbocycles. The van der Waals surface area contributed by atoms with Gasteiger partial charge in [0.15, 0.2) is 0 Å². The first-order valence-corrected chi connectivity index (χ1v) is 8.01. The van der Waals surface area contributed by atoms with Crippen LogP contribution in [0.3, 0.4) is 0 Å². The first-order chi connectivity index (χ1) is 9.05. The van der Waals surface area contributed by atoms with Crippen LogP contribution in [0.5, 0.6) is 0 Å². The molecule has 0 aromatic heterocycles. The Labute approximate surface area is 123 Å². The molecule has 0 unspecified atom stereocenters. The average molecular weight is 298 g/mol. The quantitative estimate of drug-likeness (QED) is 0.866. The highest BCUT2D eigenvalue weighted by Crippen LogP contribution is 2.35. The molecule has 2 N–H and O–H groups in total. The lowest BCUT2D eigenvalue weighted by molar-refractivity contribution is 0.212. The lowest BCUT2D eigenvalue weighted by Crippen LogP contribution is -2.48. The van der Waals surface area contributed by atoms with Gasteiger partial charge in [0.05, 0.1) is 9.74 Å². The normalized spacial score (nSPS) is 19.3. The Bertz CT molecular complexity index is 457. The van der Waals surface area contributed by atoms with E-state index in [4.69, 9.17) is 18.0 Å². The van der Waals surface area contributed by atoms with Crippen LogP contribution in [0, 0.1) is 5.82 Å². The van der Waals surface area contributed by atoms with Crippen molar-refractivity contribution in [3.05, 3.63) is 35.6 Å². The molecule has 2 rings (SSSR count). The number of hydrogen-bond donors (Lipinski definition) is 1. The molecule has 19 heavy (non-hydrogen) atoms. The monoisotopic (exact) mass is 298 g/mol. The number of benzene rings is 1. The lowest BCUT2D eigenvalue weighted by Gasteiger charge is -2.40. The van der Waals surface area contributed by atoms with E-state index in [9.17, 15) is 4.39 Å². The number of thiocarbonyl (C=S) groups is 1. The summed E-state index contributed by atoms with van der Waals surface area (Å²) in [5.74, 6) is -0.170. The van der Waals surface area contributed by atoms with E-state index in [-0.39, 0.29) is 10.6 Å². The molecular formula is C14H19FN2S2. The first kappa shape index (κ1) is 14.8. The first-order valence-electron chi connectivity index (χ1n) is 6.37. The molecule has 1 saturated heterocycles. The standard InChI is InChI=1S/C14H19FN2S2/c1-19-14(13(16)18)5-7-17(8-6-14)10-11-3-2-4-12(15)9-11/h2-4,9H,5-8,10H2,1H3,(H2,16,18). The third kappa shape index (κ3) is 3.46. The second-order valence-corrected chi connectivity index (χ2v) is 6.60. The molecule has 1 fully saturated rings. The zero-order valence-corrected chi connectivity index (χ0v) is 12.7. The number of halogens is 1. The zero-order valence-electron chi connectivity index (χ0n) is 11.1. The van der Waals surface area contributed by atoms with Crippen LogP contribution in [-0.4, -0.2) is 34.0 Å². The van der Waals surface area contributed by atoms with Gasteiger partial charge in [-0.1, -0.05) is 24.4 Å². The van der Waals surface area contributed by atoms with Crippen LogP contribution >= 0.6 is 24.0 Å². The highest BCUT2D eigenvalue weighted by atomic mass is 32.2. The molecule has 5 heteroatoms. The minimum atomic E-state index is -0.170. The van der Waals surface area contributed by atoms with Crippen LogP contribution in [0.25, 0.3) is 0 Å². The maximum atomic E-state index is 13.1. The summed E-state index contributed by atoms with van der Waals surface area (Å²) < 4.78 is 13.1. The summed E-state index contributed by atoms with van der Waals surface area (Å²) in [4.78, 5) is 2.95. The van der Waals surface area contributed by atoms with Gasteiger partial charge in [0.25, 0.3) is 0 Å². The maximum Gasteiger partial charge on any atom is 0.123 e. The number of thioether (sulfide) groups is 1. The van der Waals surface area contributed by atoms with E-state index in [0.717, 1.165) is 38.0 Å². The molecule has 104 valence electrons. The largest absolute Gasteiger partial charge is 0.392 e. The van der Waals surface area contributed by atoms with Gasteiger partial charge >= 0.3 is 0 Å². The molecule has 1 aliphatic rings. The van der Waals surface area contributed by atoms with Crippen molar-refractivity contribution >= 4 is 29.0 Å². The van der Waals surface area contributed by atoms with Crippen LogP contribution < -0.4 is 5.73 Å². The van der Waals surface area contributed by atoms with E-state index in [1.54, 1.807) is 23.9 Å². The Morgan fingerprint density at radius 3 is 2.68 bits per heavy atom. The smallest absolute Gasteiger partial charge is 0.123 e. The molecule has 0 radical (unpaired) electrons. The van der Waals surface area contributed by atoms with Crippen molar-refractivity contribution in [2.24, 2.45) is 5.73 Å². The van der Waals surface area contributed by atoms with Crippen LogP contribution in [0.4, 0.5) is 4.39 Å².